The molecule has 0 radical (unpaired) electrons. The molecular weight excluding hydrogens is 312 g/mol. The van der Waals surface area contributed by atoms with Gasteiger partial charge in [0.2, 0.25) is 0 Å². The second kappa shape index (κ2) is 5.80. The maximum atomic E-state index is 11.8. The molecule has 2 fully saturated rings. The van der Waals surface area contributed by atoms with Crippen molar-refractivity contribution in [3.8, 4) is 0 Å². The van der Waals surface area contributed by atoms with Gasteiger partial charge in [-0.25, -0.2) is 0 Å². The van der Waals surface area contributed by atoms with Crippen molar-refractivity contribution >= 4 is 14.1 Å². The van der Waals surface area contributed by atoms with Crippen LogP contribution < -0.4 is 0 Å². The van der Waals surface area contributed by atoms with Gasteiger partial charge in [0.25, 0.3) is 0 Å². The molecule has 5 atom stereocenters. The molecule has 0 heterocycles. The predicted octanol–water partition coefficient (Wildman–Crippen LogP) is 5.49. The normalized spacial score (nSPS) is 42.6. The van der Waals surface area contributed by atoms with Crippen molar-refractivity contribution < 1.29 is 9.22 Å². The van der Waals surface area contributed by atoms with Gasteiger partial charge in [-0.3, -0.25) is 4.79 Å². The van der Waals surface area contributed by atoms with Crippen LogP contribution in [0.15, 0.2) is 11.1 Å². The largest absolute Gasteiger partial charge is 0.414 e. The number of carbonyl (C=O) groups excluding carboxylic acids is 1. The third-order valence-corrected chi connectivity index (χ3v) is 8.60. The second-order valence-corrected chi connectivity index (χ2v) is 14.6. The minimum atomic E-state index is -1.47. The summed E-state index contributed by atoms with van der Waals surface area (Å²) in [6, 6.07) is 0. The van der Waals surface area contributed by atoms with Gasteiger partial charge < -0.3 is 4.43 Å². The maximum Gasteiger partial charge on any atom is 0.184 e. The number of rotatable bonds is 2. The lowest BCUT2D eigenvalue weighted by molar-refractivity contribution is -0.119. The zero-order valence-corrected chi connectivity index (χ0v) is 17.0. The Morgan fingerprint density at radius 3 is 2.58 bits per heavy atom. The van der Waals surface area contributed by atoms with Crippen molar-refractivity contribution in [1.29, 1.82) is 0 Å². The van der Waals surface area contributed by atoms with Crippen LogP contribution in [0.4, 0.5) is 0 Å². The minimum Gasteiger partial charge on any atom is -0.414 e. The van der Waals surface area contributed by atoms with Crippen LogP contribution in [0.25, 0.3) is 0 Å². The summed E-state index contributed by atoms with van der Waals surface area (Å²) in [5, 5.41) is 0. The Bertz CT molecular complexity index is 573. The van der Waals surface area contributed by atoms with E-state index in [1.165, 1.54) is 38.5 Å². The van der Waals surface area contributed by atoms with Gasteiger partial charge in [0, 0.05) is 12.8 Å². The number of fused-ring (bicyclic) bond motifs is 4. The van der Waals surface area contributed by atoms with Gasteiger partial charge in [-0.1, -0.05) is 18.1 Å². The van der Waals surface area contributed by atoms with E-state index in [4.69, 9.17) is 4.43 Å². The van der Waals surface area contributed by atoms with Crippen LogP contribution in [0, 0.1) is 23.2 Å². The average Bonchev–Trinajstić information content (AvgIpc) is 2.82. The number of allylic oxidation sites excluding steroid dienone is 2. The number of hydrogen-bond donors (Lipinski definition) is 0. The fraction of sp³-hybridized carbons (Fsp3) is 0.857. The molecule has 0 aliphatic heterocycles. The Morgan fingerprint density at radius 1 is 1.04 bits per heavy atom. The fourth-order valence-corrected chi connectivity index (χ4v) is 7.86. The van der Waals surface area contributed by atoms with Crippen molar-refractivity contribution in [3.63, 3.8) is 0 Å². The molecule has 0 aromatic rings. The zero-order chi connectivity index (χ0) is 17.1. The first-order chi connectivity index (χ1) is 11.3. The van der Waals surface area contributed by atoms with E-state index in [0.29, 0.717) is 17.3 Å². The van der Waals surface area contributed by atoms with Gasteiger partial charge in [0.05, 0.1) is 6.10 Å². The van der Waals surface area contributed by atoms with Crippen LogP contribution in [-0.4, -0.2) is 20.2 Å². The molecule has 3 heteroatoms. The molecule has 0 N–H and O–H groups in total. The molecule has 0 aromatic carbocycles. The summed E-state index contributed by atoms with van der Waals surface area (Å²) in [5.41, 5.74) is 3.68. The van der Waals surface area contributed by atoms with Crippen molar-refractivity contribution in [2.45, 2.75) is 90.5 Å². The highest BCUT2D eigenvalue weighted by atomic mass is 28.4. The van der Waals surface area contributed by atoms with Gasteiger partial charge in [0.15, 0.2) is 8.32 Å². The molecule has 134 valence electrons. The first-order valence-electron chi connectivity index (χ1n) is 10.2. The van der Waals surface area contributed by atoms with Crippen molar-refractivity contribution in [2.24, 2.45) is 23.2 Å². The Kier molecular flexibility index (Phi) is 4.12. The topological polar surface area (TPSA) is 26.3 Å². The smallest absolute Gasteiger partial charge is 0.184 e. The van der Waals surface area contributed by atoms with Crippen molar-refractivity contribution in [3.05, 3.63) is 11.1 Å². The van der Waals surface area contributed by atoms with Crippen LogP contribution in [0.5, 0.6) is 0 Å². The maximum absolute atomic E-state index is 11.8. The molecule has 0 bridgehead atoms. The molecule has 0 aromatic heterocycles. The van der Waals surface area contributed by atoms with E-state index in [2.05, 4.69) is 26.6 Å². The Balaban J connectivity index is 1.57. The lowest BCUT2D eigenvalue weighted by Gasteiger charge is -2.52. The molecule has 2 saturated carbocycles. The molecular formula is C21H34O2Si. The van der Waals surface area contributed by atoms with Crippen LogP contribution in [0.1, 0.15) is 64.7 Å². The highest BCUT2D eigenvalue weighted by Gasteiger charge is 2.56. The van der Waals surface area contributed by atoms with E-state index in [-0.39, 0.29) is 0 Å². The van der Waals surface area contributed by atoms with Gasteiger partial charge in [0.1, 0.15) is 5.78 Å². The molecule has 0 spiro atoms. The molecule has 0 saturated heterocycles. The predicted molar refractivity (Wildman–Crippen MR) is 100 cm³/mol. The van der Waals surface area contributed by atoms with E-state index in [0.717, 1.165) is 37.0 Å². The highest BCUT2D eigenvalue weighted by molar-refractivity contribution is 6.69. The quantitative estimate of drug-likeness (QED) is 0.488. The van der Waals surface area contributed by atoms with E-state index in [1.807, 2.05) is 0 Å². The van der Waals surface area contributed by atoms with Crippen molar-refractivity contribution in [1.82, 2.24) is 0 Å². The first kappa shape index (κ1) is 17.0. The minimum absolute atomic E-state index is 0.407. The summed E-state index contributed by atoms with van der Waals surface area (Å²) in [6.07, 6.45) is 11.0. The molecule has 4 aliphatic rings. The van der Waals surface area contributed by atoms with E-state index >= 15 is 0 Å². The SMILES string of the molecule is C[C@]12CC[C@@H]3C4=C(CC[C@H]3[C@@H]1CC[C@@H]2O[Si](C)(C)C)CC(=O)CC4. The second-order valence-electron chi connectivity index (χ2n) is 10.1. The fourth-order valence-electron chi connectivity index (χ4n) is 6.62. The standard InChI is InChI=1S/C21H34O2Si/c1-21-12-11-17-16-8-6-15(22)13-14(16)5-7-18(17)19(21)9-10-20(21)23-24(2,3)4/h17-20H,5-13H2,1-4H3/t17-,18-,19+,20+,21+/m1/s1. The Labute approximate surface area is 148 Å². The summed E-state index contributed by atoms with van der Waals surface area (Å²) in [5.74, 6) is 3.00. The number of ketones is 1. The lowest BCUT2D eigenvalue weighted by atomic mass is 9.54. The third kappa shape index (κ3) is 2.76. The summed E-state index contributed by atoms with van der Waals surface area (Å²) < 4.78 is 6.65. The summed E-state index contributed by atoms with van der Waals surface area (Å²) in [6.45, 7) is 9.56. The summed E-state index contributed by atoms with van der Waals surface area (Å²) in [7, 11) is -1.47. The van der Waals surface area contributed by atoms with Crippen LogP contribution in [0.2, 0.25) is 19.6 Å². The lowest BCUT2D eigenvalue weighted by Crippen LogP contribution is -2.48. The zero-order valence-electron chi connectivity index (χ0n) is 16.0. The van der Waals surface area contributed by atoms with Crippen molar-refractivity contribution in [2.75, 3.05) is 0 Å². The molecule has 4 rings (SSSR count). The van der Waals surface area contributed by atoms with Crippen LogP contribution in [0.3, 0.4) is 0 Å². The number of carbonyl (C=O) groups is 1. The third-order valence-electron chi connectivity index (χ3n) is 7.61. The van der Waals surface area contributed by atoms with Gasteiger partial charge in [-0.2, -0.15) is 0 Å². The Morgan fingerprint density at radius 2 is 1.83 bits per heavy atom. The molecule has 0 unspecified atom stereocenters. The Hall–Kier alpha value is -0.413. The monoisotopic (exact) mass is 346 g/mol. The van der Waals surface area contributed by atoms with Gasteiger partial charge in [-0.05, 0) is 87.8 Å². The molecule has 2 nitrogen and oxygen atoms in total. The number of Topliss-reactive ketones (excluding diaryl/α,β-unsaturated/α-hetero) is 1. The average molecular weight is 347 g/mol. The number of hydrogen-bond acceptors (Lipinski definition) is 2. The molecule has 24 heavy (non-hydrogen) atoms. The summed E-state index contributed by atoms with van der Waals surface area (Å²) >= 11 is 0. The molecule has 0 amide bonds. The van der Waals surface area contributed by atoms with Gasteiger partial charge >= 0.3 is 0 Å². The van der Waals surface area contributed by atoms with Gasteiger partial charge in [-0.15, -0.1) is 0 Å². The van der Waals surface area contributed by atoms with E-state index in [1.54, 1.807) is 11.1 Å². The first-order valence-corrected chi connectivity index (χ1v) is 13.6. The van der Waals surface area contributed by atoms with Crippen LogP contribution >= 0.6 is 0 Å². The molecule has 4 aliphatic carbocycles. The van der Waals surface area contributed by atoms with E-state index in [9.17, 15) is 4.79 Å². The van der Waals surface area contributed by atoms with Crippen LogP contribution in [-0.2, 0) is 9.22 Å². The van der Waals surface area contributed by atoms with E-state index < -0.39 is 8.32 Å². The highest BCUT2D eigenvalue weighted by Crippen LogP contribution is 2.61. The summed E-state index contributed by atoms with van der Waals surface area (Å²) in [4.78, 5) is 11.8.